The van der Waals surface area contributed by atoms with Crippen LogP contribution in [-0.2, 0) is 16.8 Å². The summed E-state index contributed by atoms with van der Waals surface area (Å²) < 4.78 is 0. The van der Waals surface area contributed by atoms with E-state index >= 15 is 0 Å². The molecule has 2 atom stereocenters. The van der Waals surface area contributed by atoms with Gasteiger partial charge in [0.2, 0.25) is 0 Å². The van der Waals surface area contributed by atoms with Gasteiger partial charge in [-0.05, 0) is 11.1 Å². The van der Waals surface area contributed by atoms with Crippen LogP contribution in [0.4, 0.5) is 4.79 Å². The Morgan fingerprint density at radius 1 is 1.04 bits per heavy atom. The fraction of sp³-hybridized carbons (Fsp3) is 0.391. The topological polar surface area (TPSA) is 52.7 Å². The van der Waals surface area contributed by atoms with E-state index in [-0.39, 0.29) is 23.5 Å². The summed E-state index contributed by atoms with van der Waals surface area (Å²) in [6.07, 6.45) is 0.0463. The number of nitrogens with one attached hydrogen (secondary N) is 1. The van der Waals surface area contributed by atoms with Crippen molar-refractivity contribution < 1.29 is 9.59 Å². The van der Waals surface area contributed by atoms with Gasteiger partial charge in [0.25, 0.3) is 5.91 Å². The van der Waals surface area contributed by atoms with Gasteiger partial charge >= 0.3 is 6.03 Å². The minimum absolute atomic E-state index is 0.0638. The quantitative estimate of drug-likeness (QED) is 0.886. The fourth-order valence-corrected chi connectivity index (χ4v) is 4.39. The monoisotopic (exact) mass is 379 g/mol. The number of benzene rings is 2. The van der Waals surface area contributed by atoms with E-state index in [1.165, 1.54) is 0 Å². The zero-order chi connectivity index (χ0) is 20.5. The predicted molar refractivity (Wildman–Crippen MR) is 111 cm³/mol. The summed E-state index contributed by atoms with van der Waals surface area (Å²) in [5.41, 5.74) is 0.419. The Morgan fingerprint density at radius 3 is 2.07 bits per heavy atom. The molecule has 1 heterocycles. The number of likely N-dealkylation sites (N-methyl/N-ethyl adjacent to an activating group) is 1. The lowest BCUT2D eigenvalue weighted by atomic mass is 9.81. The van der Waals surface area contributed by atoms with E-state index in [0.29, 0.717) is 6.42 Å². The number of hydrogen-bond donors (Lipinski definition) is 1. The van der Waals surface area contributed by atoms with Crippen molar-refractivity contribution in [3.05, 3.63) is 71.8 Å². The summed E-state index contributed by atoms with van der Waals surface area (Å²) in [5, 5.41) is 2.77. The summed E-state index contributed by atoms with van der Waals surface area (Å²) in [6, 6.07) is 19.3. The Bertz CT molecular complexity index is 845. The van der Waals surface area contributed by atoms with Gasteiger partial charge in [-0.15, -0.1) is 0 Å². The lowest BCUT2D eigenvalue weighted by molar-refractivity contribution is -0.133. The number of hydrogen-bond acceptors (Lipinski definition) is 2. The molecule has 28 heavy (non-hydrogen) atoms. The molecular formula is C23H29N3O2. The highest BCUT2D eigenvalue weighted by Gasteiger charge is 2.61. The van der Waals surface area contributed by atoms with Crippen molar-refractivity contribution in [1.29, 1.82) is 0 Å². The maximum atomic E-state index is 13.8. The highest BCUT2D eigenvalue weighted by atomic mass is 16.2. The molecule has 0 aliphatic carbocycles. The van der Waals surface area contributed by atoms with Gasteiger partial charge in [-0.25, -0.2) is 4.79 Å². The van der Waals surface area contributed by atoms with Crippen molar-refractivity contribution >= 4 is 11.9 Å². The molecular weight excluding hydrogens is 350 g/mol. The molecule has 2 aromatic rings. The normalized spacial score (nSPS) is 22.5. The summed E-state index contributed by atoms with van der Waals surface area (Å²) in [5.74, 6) is -0.0638. The molecule has 1 aliphatic rings. The Kier molecular flexibility index (Phi) is 5.20. The van der Waals surface area contributed by atoms with Gasteiger partial charge in [-0.2, -0.15) is 0 Å². The predicted octanol–water partition coefficient (Wildman–Crippen LogP) is 3.61. The van der Waals surface area contributed by atoms with Gasteiger partial charge in [0.1, 0.15) is 6.17 Å². The maximum Gasteiger partial charge on any atom is 0.319 e. The molecule has 0 aromatic heterocycles. The Morgan fingerprint density at radius 2 is 1.57 bits per heavy atom. The van der Waals surface area contributed by atoms with Crippen molar-refractivity contribution in [3.8, 4) is 0 Å². The van der Waals surface area contributed by atoms with Gasteiger partial charge in [0.05, 0.1) is 0 Å². The fourth-order valence-electron chi connectivity index (χ4n) is 4.39. The van der Waals surface area contributed by atoms with E-state index in [4.69, 9.17) is 0 Å². The Hall–Kier alpha value is -2.82. The molecule has 1 saturated heterocycles. The second kappa shape index (κ2) is 7.30. The van der Waals surface area contributed by atoms with Crippen molar-refractivity contribution in [1.82, 2.24) is 15.1 Å². The first-order chi connectivity index (χ1) is 13.2. The molecule has 5 heteroatoms. The molecule has 0 bridgehead atoms. The number of rotatable bonds is 3. The third-order valence-electron chi connectivity index (χ3n) is 5.46. The molecule has 1 fully saturated rings. The van der Waals surface area contributed by atoms with Crippen molar-refractivity contribution in [2.24, 2.45) is 5.41 Å². The minimum Gasteiger partial charge on any atom is -0.341 e. The van der Waals surface area contributed by atoms with Crippen LogP contribution in [0.25, 0.3) is 0 Å². The molecule has 1 N–H and O–H groups in total. The summed E-state index contributed by atoms with van der Waals surface area (Å²) in [6.45, 7) is 6.17. The van der Waals surface area contributed by atoms with E-state index in [1.54, 1.807) is 23.9 Å². The van der Waals surface area contributed by atoms with E-state index in [2.05, 4.69) is 26.1 Å². The molecule has 0 saturated carbocycles. The van der Waals surface area contributed by atoms with Gasteiger partial charge in [-0.3, -0.25) is 9.69 Å². The van der Waals surface area contributed by atoms with E-state index in [1.807, 2.05) is 60.7 Å². The van der Waals surface area contributed by atoms with Crippen LogP contribution >= 0.6 is 0 Å². The van der Waals surface area contributed by atoms with Gasteiger partial charge < -0.3 is 10.2 Å². The first-order valence-electron chi connectivity index (χ1n) is 9.61. The van der Waals surface area contributed by atoms with Crippen molar-refractivity contribution in [2.75, 3.05) is 14.1 Å². The van der Waals surface area contributed by atoms with Crippen molar-refractivity contribution in [2.45, 2.75) is 38.9 Å². The largest absolute Gasteiger partial charge is 0.341 e. The molecule has 3 rings (SSSR count). The minimum atomic E-state index is -1.10. The van der Waals surface area contributed by atoms with Crippen LogP contribution < -0.4 is 5.32 Å². The molecule has 0 radical (unpaired) electrons. The molecule has 0 unspecified atom stereocenters. The van der Waals surface area contributed by atoms with Crippen LogP contribution in [0.15, 0.2) is 60.7 Å². The smallest absolute Gasteiger partial charge is 0.319 e. The third-order valence-corrected chi connectivity index (χ3v) is 5.46. The summed E-state index contributed by atoms with van der Waals surface area (Å²) >= 11 is 0. The molecule has 2 aromatic carbocycles. The SMILES string of the molecule is CNC(=O)N1[C@@H](C(C)(C)C)N(C)C(=O)[C@]1(Cc1ccccc1)c1ccccc1. The highest BCUT2D eigenvalue weighted by molar-refractivity contribution is 5.96. The number of amides is 3. The zero-order valence-electron chi connectivity index (χ0n) is 17.3. The lowest BCUT2D eigenvalue weighted by Gasteiger charge is -2.43. The average Bonchev–Trinajstić information content (AvgIpc) is 2.91. The molecule has 3 amide bonds. The standard InChI is InChI=1S/C23H29N3O2/c1-22(2,3)19-25(5)20(27)23(26(19)21(28)24-4,18-14-10-7-11-15-18)16-17-12-8-6-9-13-17/h6-15,19H,16H2,1-5H3,(H,24,28)/t19-,23-/m0/s1. The third kappa shape index (κ3) is 3.15. The van der Waals surface area contributed by atoms with Gasteiger partial charge in [0, 0.05) is 25.9 Å². The molecule has 1 aliphatic heterocycles. The summed E-state index contributed by atoms with van der Waals surface area (Å²) in [7, 11) is 3.41. The van der Waals surface area contributed by atoms with Crippen LogP contribution in [0.2, 0.25) is 0 Å². The van der Waals surface area contributed by atoms with E-state index in [9.17, 15) is 9.59 Å². The first-order valence-corrected chi connectivity index (χ1v) is 9.61. The average molecular weight is 380 g/mol. The molecule has 0 spiro atoms. The van der Waals surface area contributed by atoms with E-state index in [0.717, 1.165) is 11.1 Å². The van der Waals surface area contributed by atoms with Gasteiger partial charge in [0.15, 0.2) is 5.54 Å². The number of carbonyl (C=O) groups excluding carboxylic acids is 2. The van der Waals surface area contributed by atoms with Crippen LogP contribution in [0.3, 0.4) is 0 Å². The highest BCUT2D eigenvalue weighted by Crippen LogP contribution is 2.46. The molecule has 148 valence electrons. The second-order valence-corrected chi connectivity index (χ2v) is 8.47. The van der Waals surface area contributed by atoms with Crippen LogP contribution in [0.5, 0.6) is 0 Å². The Labute approximate surface area is 167 Å². The van der Waals surface area contributed by atoms with Crippen molar-refractivity contribution in [3.63, 3.8) is 0 Å². The number of carbonyl (C=O) groups is 2. The lowest BCUT2D eigenvalue weighted by Crippen LogP contribution is -2.58. The summed E-state index contributed by atoms with van der Waals surface area (Å²) in [4.78, 5) is 30.5. The van der Waals surface area contributed by atoms with Gasteiger partial charge in [-0.1, -0.05) is 81.4 Å². The van der Waals surface area contributed by atoms with Crippen LogP contribution in [-0.4, -0.2) is 42.0 Å². The first kappa shape index (κ1) is 19.9. The second-order valence-electron chi connectivity index (χ2n) is 8.47. The van der Waals surface area contributed by atoms with E-state index < -0.39 is 5.54 Å². The number of urea groups is 1. The zero-order valence-corrected chi connectivity index (χ0v) is 17.3. The van der Waals surface area contributed by atoms with Crippen LogP contribution in [0, 0.1) is 5.41 Å². The number of nitrogens with zero attached hydrogens (tertiary/aromatic N) is 2. The van der Waals surface area contributed by atoms with Crippen LogP contribution in [0.1, 0.15) is 31.9 Å². The Balaban J connectivity index is 2.28. The maximum absolute atomic E-state index is 13.8. The molecule has 5 nitrogen and oxygen atoms in total.